The maximum Gasteiger partial charge on any atom is 0.203 e. The van der Waals surface area contributed by atoms with Gasteiger partial charge in [-0.1, -0.05) is 11.3 Å². The molecule has 2 heterocycles. The van der Waals surface area contributed by atoms with Crippen molar-refractivity contribution in [3.63, 3.8) is 0 Å². The number of fused-ring (bicyclic) bond motifs is 1. The summed E-state index contributed by atoms with van der Waals surface area (Å²) in [4.78, 5) is 0. The molecule has 1 aliphatic heterocycles. The molecule has 1 unspecified atom stereocenters. The Morgan fingerprint density at radius 1 is 1.22 bits per heavy atom. The molecule has 6 heteroatoms. The Hall–Kier alpha value is -1.82. The van der Waals surface area contributed by atoms with Crippen molar-refractivity contribution in [2.45, 2.75) is 20.0 Å². The zero-order chi connectivity index (χ0) is 12.7. The molecular weight excluding hydrogens is 250 g/mol. The van der Waals surface area contributed by atoms with Crippen molar-refractivity contribution >= 4 is 16.5 Å². The van der Waals surface area contributed by atoms with Gasteiger partial charge in [0.25, 0.3) is 0 Å². The van der Waals surface area contributed by atoms with E-state index in [1.807, 2.05) is 19.1 Å². The second-order valence-electron chi connectivity index (χ2n) is 4.28. The van der Waals surface area contributed by atoms with Gasteiger partial charge in [0, 0.05) is 0 Å². The van der Waals surface area contributed by atoms with E-state index < -0.39 is 0 Å². The second-order valence-corrected chi connectivity index (χ2v) is 5.32. The molecule has 1 atom stereocenters. The average Bonchev–Trinajstić information content (AvgIpc) is 2.77. The second kappa shape index (κ2) is 4.13. The van der Waals surface area contributed by atoms with Crippen molar-refractivity contribution in [3.05, 3.63) is 28.3 Å². The summed E-state index contributed by atoms with van der Waals surface area (Å²) in [6, 6.07) is 3.98. The summed E-state index contributed by atoms with van der Waals surface area (Å²) >= 11 is 1.33. The summed E-state index contributed by atoms with van der Waals surface area (Å²) in [5.41, 5.74) is 7.94. The van der Waals surface area contributed by atoms with Crippen molar-refractivity contribution in [2.24, 2.45) is 0 Å². The third kappa shape index (κ3) is 1.88. The summed E-state index contributed by atoms with van der Waals surface area (Å²) in [5.74, 6) is 1.54. The van der Waals surface area contributed by atoms with E-state index in [0.29, 0.717) is 11.7 Å². The molecule has 0 amide bonds. The van der Waals surface area contributed by atoms with E-state index in [2.05, 4.69) is 17.1 Å². The Morgan fingerprint density at radius 3 is 2.61 bits per heavy atom. The number of benzene rings is 1. The minimum atomic E-state index is -0.227. The normalized spacial score (nSPS) is 17.8. The fourth-order valence-electron chi connectivity index (χ4n) is 1.82. The third-order valence-corrected chi connectivity index (χ3v) is 3.80. The number of nitrogens with two attached hydrogens (primary N) is 1. The molecule has 18 heavy (non-hydrogen) atoms. The number of nitrogens with zero attached hydrogens (tertiary/aromatic N) is 2. The number of aromatic nitrogens is 2. The SMILES string of the molecule is Cc1cc2c(cc1C)OC(c1nnc(N)s1)CO2. The predicted molar refractivity (Wildman–Crippen MR) is 69.1 cm³/mol. The molecule has 0 fully saturated rings. The van der Waals surface area contributed by atoms with Crippen molar-refractivity contribution in [2.75, 3.05) is 12.3 Å². The van der Waals surface area contributed by atoms with Gasteiger partial charge in [0.05, 0.1) is 0 Å². The lowest BCUT2D eigenvalue weighted by atomic mass is 10.1. The van der Waals surface area contributed by atoms with Crippen LogP contribution in [0.3, 0.4) is 0 Å². The standard InChI is InChI=1S/C12H13N3O2S/c1-6-3-8-9(4-7(6)2)17-10(5-16-8)11-14-15-12(13)18-11/h3-4,10H,5H2,1-2H3,(H2,13,15). The molecule has 2 N–H and O–H groups in total. The minimum Gasteiger partial charge on any atom is -0.485 e. The zero-order valence-corrected chi connectivity index (χ0v) is 11.0. The van der Waals surface area contributed by atoms with E-state index in [4.69, 9.17) is 15.2 Å². The molecule has 1 aliphatic rings. The molecule has 2 aromatic rings. The van der Waals surface area contributed by atoms with Crippen LogP contribution in [-0.2, 0) is 0 Å². The Bertz CT molecular complexity index is 597. The Balaban J connectivity index is 1.91. The Labute approximate surface area is 109 Å². The van der Waals surface area contributed by atoms with Gasteiger partial charge in [-0.15, -0.1) is 10.2 Å². The molecule has 5 nitrogen and oxygen atoms in total. The van der Waals surface area contributed by atoms with Gasteiger partial charge in [-0.2, -0.15) is 0 Å². The van der Waals surface area contributed by atoms with E-state index in [0.717, 1.165) is 16.5 Å². The summed E-state index contributed by atoms with van der Waals surface area (Å²) < 4.78 is 11.6. The molecule has 0 saturated carbocycles. The van der Waals surface area contributed by atoms with Crippen LogP contribution in [0.25, 0.3) is 0 Å². The monoisotopic (exact) mass is 263 g/mol. The Kier molecular flexibility index (Phi) is 2.59. The largest absolute Gasteiger partial charge is 0.485 e. The van der Waals surface area contributed by atoms with Crippen molar-refractivity contribution in [3.8, 4) is 11.5 Å². The number of aryl methyl sites for hydroxylation is 2. The number of hydrogen-bond acceptors (Lipinski definition) is 6. The number of hydrogen-bond donors (Lipinski definition) is 1. The van der Waals surface area contributed by atoms with Crippen molar-refractivity contribution < 1.29 is 9.47 Å². The number of rotatable bonds is 1. The predicted octanol–water partition coefficient (Wildman–Crippen LogP) is 2.25. The first-order chi connectivity index (χ1) is 8.63. The lowest BCUT2D eigenvalue weighted by Crippen LogP contribution is -2.21. The quantitative estimate of drug-likeness (QED) is 0.854. The minimum absolute atomic E-state index is 0.227. The number of nitrogen functional groups attached to an aromatic ring is 1. The molecule has 1 aromatic heterocycles. The third-order valence-electron chi connectivity index (χ3n) is 2.95. The van der Waals surface area contributed by atoms with Crippen LogP contribution in [0.15, 0.2) is 12.1 Å². The maximum atomic E-state index is 5.89. The van der Waals surface area contributed by atoms with Gasteiger partial charge in [0.1, 0.15) is 6.61 Å². The van der Waals surface area contributed by atoms with Crippen LogP contribution in [0.4, 0.5) is 5.13 Å². The Morgan fingerprint density at radius 2 is 1.94 bits per heavy atom. The molecule has 0 spiro atoms. The first-order valence-electron chi connectivity index (χ1n) is 5.63. The van der Waals surface area contributed by atoms with Gasteiger partial charge < -0.3 is 15.2 Å². The van der Waals surface area contributed by atoms with E-state index in [1.54, 1.807) is 0 Å². The van der Waals surface area contributed by atoms with Crippen LogP contribution in [0.2, 0.25) is 0 Å². The van der Waals surface area contributed by atoms with Crippen LogP contribution in [0, 0.1) is 13.8 Å². The van der Waals surface area contributed by atoms with Crippen LogP contribution in [0.1, 0.15) is 22.2 Å². The molecule has 1 aromatic carbocycles. The van der Waals surface area contributed by atoms with Gasteiger partial charge in [-0.3, -0.25) is 0 Å². The van der Waals surface area contributed by atoms with Crippen LogP contribution < -0.4 is 15.2 Å². The number of ether oxygens (including phenoxy) is 2. The van der Waals surface area contributed by atoms with Crippen molar-refractivity contribution in [1.82, 2.24) is 10.2 Å². The lowest BCUT2D eigenvalue weighted by molar-refractivity contribution is 0.0904. The van der Waals surface area contributed by atoms with E-state index >= 15 is 0 Å². The molecule has 0 radical (unpaired) electrons. The van der Waals surface area contributed by atoms with Gasteiger partial charge in [-0.05, 0) is 37.1 Å². The lowest BCUT2D eigenvalue weighted by Gasteiger charge is -2.25. The molecule has 94 valence electrons. The highest BCUT2D eigenvalue weighted by Crippen LogP contribution is 2.38. The molecule has 0 bridgehead atoms. The van der Waals surface area contributed by atoms with Gasteiger partial charge in [0.15, 0.2) is 22.6 Å². The van der Waals surface area contributed by atoms with Crippen molar-refractivity contribution in [1.29, 1.82) is 0 Å². The molecule has 3 rings (SSSR count). The number of anilines is 1. The van der Waals surface area contributed by atoms with Crippen LogP contribution >= 0.6 is 11.3 Å². The fourth-order valence-corrected chi connectivity index (χ4v) is 2.44. The van der Waals surface area contributed by atoms with Gasteiger partial charge >= 0.3 is 0 Å². The highest BCUT2D eigenvalue weighted by atomic mass is 32.1. The van der Waals surface area contributed by atoms with E-state index in [9.17, 15) is 0 Å². The molecule has 0 aliphatic carbocycles. The fraction of sp³-hybridized carbons (Fsp3) is 0.333. The summed E-state index contributed by atoms with van der Waals surface area (Å²) in [7, 11) is 0. The van der Waals surface area contributed by atoms with E-state index in [1.165, 1.54) is 22.5 Å². The average molecular weight is 263 g/mol. The van der Waals surface area contributed by atoms with Crippen LogP contribution in [-0.4, -0.2) is 16.8 Å². The molecular formula is C12H13N3O2S. The van der Waals surface area contributed by atoms with Crippen LogP contribution in [0.5, 0.6) is 11.5 Å². The summed E-state index contributed by atoms with van der Waals surface area (Å²) in [5, 5.41) is 8.97. The summed E-state index contributed by atoms with van der Waals surface area (Å²) in [6.45, 7) is 4.53. The highest BCUT2D eigenvalue weighted by molar-refractivity contribution is 7.15. The van der Waals surface area contributed by atoms with Gasteiger partial charge in [0.2, 0.25) is 5.13 Å². The zero-order valence-electron chi connectivity index (χ0n) is 10.1. The highest BCUT2D eigenvalue weighted by Gasteiger charge is 2.26. The smallest absolute Gasteiger partial charge is 0.203 e. The molecule has 0 saturated heterocycles. The van der Waals surface area contributed by atoms with Gasteiger partial charge in [-0.25, -0.2) is 0 Å². The topological polar surface area (TPSA) is 70.3 Å². The summed E-state index contributed by atoms with van der Waals surface area (Å²) in [6.07, 6.45) is -0.227. The first-order valence-corrected chi connectivity index (χ1v) is 6.44. The maximum absolute atomic E-state index is 5.89. The van der Waals surface area contributed by atoms with E-state index in [-0.39, 0.29) is 6.10 Å². The first kappa shape index (κ1) is 11.3.